The molecule has 0 rings (SSSR count). The summed E-state index contributed by atoms with van der Waals surface area (Å²) in [6, 6.07) is -0.251. The van der Waals surface area contributed by atoms with Gasteiger partial charge >= 0.3 is 12.0 Å². The van der Waals surface area contributed by atoms with Gasteiger partial charge < -0.3 is 14.9 Å². The highest BCUT2D eigenvalue weighted by Crippen LogP contribution is 2.07. The van der Waals surface area contributed by atoms with Gasteiger partial charge in [0.15, 0.2) is 0 Å². The highest BCUT2D eigenvalue weighted by molar-refractivity contribution is 5.80. The number of urea groups is 1. The summed E-state index contributed by atoms with van der Waals surface area (Å²) in [4.78, 5) is 25.8. The van der Waals surface area contributed by atoms with Crippen LogP contribution < -0.4 is 0 Å². The van der Waals surface area contributed by atoms with Crippen LogP contribution in [-0.4, -0.2) is 52.1 Å². The molecule has 5 heteroatoms. The van der Waals surface area contributed by atoms with Crippen LogP contribution in [0.25, 0.3) is 0 Å². The van der Waals surface area contributed by atoms with Gasteiger partial charge in [0, 0.05) is 18.6 Å². The molecule has 0 saturated carbocycles. The Balaban J connectivity index is 4.78. The standard InChI is InChI=1S/C11H22N2O3/c1-6-12(8(2)3)11(16)13(9(4)5)7-10(14)15/h8-9H,6-7H2,1-5H3,(H,14,15). The highest BCUT2D eigenvalue weighted by atomic mass is 16.4. The lowest BCUT2D eigenvalue weighted by molar-refractivity contribution is -0.138. The van der Waals surface area contributed by atoms with E-state index in [9.17, 15) is 9.59 Å². The molecular formula is C11H22N2O3. The first-order valence-corrected chi connectivity index (χ1v) is 5.60. The average Bonchev–Trinajstić information content (AvgIpc) is 2.13. The monoisotopic (exact) mass is 230 g/mol. The molecule has 0 fully saturated rings. The normalized spacial score (nSPS) is 10.7. The Kier molecular flexibility index (Phi) is 5.85. The van der Waals surface area contributed by atoms with E-state index in [1.165, 1.54) is 4.90 Å². The zero-order chi connectivity index (χ0) is 12.9. The van der Waals surface area contributed by atoms with E-state index >= 15 is 0 Å². The number of carbonyl (C=O) groups is 2. The molecule has 0 aromatic rings. The molecule has 0 aromatic heterocycles. The number of carbonyl (C=O) groups excluding carboxylic acids is 1. The van der Waals surface area contributed by atoms with Crippen LogP contribution in [0.2, 0.25) is 0 Å². The molecule has 0 saturated heterocycles. The molecule has 94 valence electrons. The van der Waals surface area contributed by atoms with Gasteiger partial charge in [0.2, 0.25) is 0 Å². The number of aliphatic carboxylic acids is 1. The summed E-state index contributed by atoms with van der Waals surface area (Å²) in [5.41, 5.74) is 0. The molecule has 0 unspecified atom stereocenters. The van der Waals surface area contributed by atoms with Gasteiger partial charge in [0.25, 0.3) is 0 Å². The van der Waals surface area contributed by atoms with Gasteiger partial charge in [-0.25, -0.2) is 4.79 Å². The van der Waals surface area contributed by atoms with Crippen molar-refractivity contribution in [3.63, 3.8) is 0 Å². The Bertz CT molecular complexity index is 252. The predicted molar refractivity (Wildman–Crippen MR) is 62.4 cm³/mol. The van der Waals surface area contributed by atoms with Crippen molar-refractivity contribution in [2.24, 2.45) is 0 Å². The van der Waals surface area contributed by atoms with Gasteiger partial charge in [-0.15, -0.1) is 0 Å². The van der Waals surface area contributed by atoms with E-state index in [4.69, 9.17) is 5.11 Å². The number of amides is 2. The van der Waals surface area contributed by atoms with Crippen LogP contribution in [0.4, 0.5) is 4.79 Å². The Morgan fingerprint density at radius 2 is 1.50 bits per heavy atom. The Labute approximate surface area is 97.0 Å². The largest absolute Gasteiger partial charge is 0.480 e. The van der Waals surface area contributed by atoms with Crippen LogP contribution in [-0.2, 0) is 4.79 Å². The second-order valence-corrected chi connectivity index (χ2v) is 4.28. The molecule has 0 heterocycles. The molecule has 0 radical (unpaired) electrons. The zero-order valence-corrected chi connectivity index (χ0v) is 10.7. The average molecular weight is 230 g/mol. The maximum atomic E-state index is 12.1. The summed E-state index contributed by atoms with van der Waals surface area (Å²) in [6.07, 6.45) is 0. The number of rotatable bonds is 5. The van der Waals surface area contributed by atoms with Crippen LogP contribution in [0, 0.1) is 0 Å². The summed E-state index contributed by atoms with van der Waals surface area (Å²) in [7, 11) is 0. The molecule has 1 N–H and O–H groups in total. The van der Waals surface area contributed by atoms with Gasteiger partial charge in [-0.05, 0) is 34.6 Å². The van der Waals surface area contributed by atoms with Crippen LogP contribution in [0.1, 0.15) is 34.6 Å². The molecule has 0 aliphatic heterocycles. The molecule has 16 heavy (non-hydrogen) atoms. The lowest BCUT2D eigenvalue weighted by Gasteiger charge is -2.33. The maximum absolute atomic E-state index is 12.1. The van der Waals surface area contributed by atoms with Gasteiger partial charge in [0.05, 0.1) is 0 Å². The molecule has 0 atom stereocenters. The summed E-state index contributed by atoms with van der Waals surface area (Å²) >= 11 is 0. The van der Waals surface area contributed by atoms with Gasteiger partial charge in [-0.1, -0.05) is 0 Å². The topological polar surface area (TPSA) is 60.9 Å². The summed E-state index contributed by atoms with van der Waals surface area (Å²) in [5, 5.41) is 8.76. The maximum Gasteiger partial charge on any atom is 0.323 e. The third-order valence-electron chi connectivity index (χ3n) is 2.38. The van der Waals surface area contributed by atoms with Crippen LogP contribution in [0.5, 0.6) is 0 Å². The molecule has 0 aliphatic rings. The number of carboxylic acid groups (broad SMARTS) is 1. The fraction of sp³-hybridized carbons (Fsp3) is 0.818. The summed E-state index contributed by atoms with van der Waals surface area (Å²) < 4.78 is 0. The quantitative estimate of drug-likeness (QED) is 0.781. The van der Waals surface area contributed by atoms with E-state index in [0.717, 1.165) is 0 Å². The first kappa shape index (κ1) is 14.7. The summed E-state index contributed by atoms with van der Waals surface area (Å²) in [5.74, 6) is -0.984. The molecular weight excluding hydrogens is 208 g/mol. The Morgan fingerprint density at radius 3 is 1.75 bits per heavy atom. The first-order valence-electron chi connectivity index (χ1n) is 5.60. The molecule has 2 amide bonds. The summed E-state index contributed by atoms with van der Waals surface area (Å²) in [6.45, 7) is 9.68. The van der Waals surface area contributed by atoms with E-state index in [1.807, 2.05) is 34.6 Å². The minimum absolute atomic E-state index is 0.0764. The van der Waals surface area contributed by atoms with Crippen molar-refractivity contribution in [3.8, 4) is 0 Å². The second kappa shape index (κ2) is 6.35. The van der Waals surface area contributed by atoms with Crippen molar-refractivity contribution < 1.29 is 14.7 Å². The Hall–Kier alpha value is -1.26. The van der Waals surface area contributed by atoms with Gasteiger partial charge in [-0.2, -0.15) is 0 Å². The van der Waals surface area contributed by atoms with Gasteiger partial charge in [0.1, 0.15) is 6.54 Å². The van der Waals surface area contributed by atoms with E-state index in [2.05, 4.69) is 0 Å². The molecule has 5 nitrogen and oxygen atoms in total. The van der Waals surface area contributed by atoms with Crippen molar-refractivity contribution in [2.45, 2.75) is 46.7 Å². The van der Waals surface area contributed by atoms with Crippen molar-refractivity contribution in [1.29, 1.82) is 0 Å². The van der Waals surface area contributed by atoms with Crippen molar-refractivity contribution in [2.75, 3.05) is 13.1 Å². The number of carboxylic acids is 1. The first-order chi connectivity index (χ1) is 7.31. The van der Waals surface area contributed by atoms with Crippen molar-refractivity contribution in [1.82, 2.24) is 9.80 Å². The lowest BCUT2D eigenvalue weighted by atomic mass is 10.3. The highest BCUT2D eigenvalue weighted by Gasteiger charge is 2.25. The fourth-order valence-electron chi connectivity index (χ4n) is 1.50. The minimum Gasteiger partial charge on any atom is -0.480 e. The number of nitrogens with zero attached hydrogens (tertiary/aromatic N) is 2. The predicted octanol–water partition coefficient (Wildman–Crippen LogP) is 1.63. The SMILES string of the molecule is CCN(C(=O)N(CC(=O)O)C(C)C)C(C)C. The Morgan fingerprint density at radius 1 is 1.06 bits per heavy atom. The van der Waals surface area contributed by atoms with E-state index in [0.29, 0.717) is 6.54 Å². The fourth-order valence-corrected chi connectivity index (χ4v) is 1.50. The molecule has 0 aliphatic carbocycles. The third-order valence-corrected chi connectivity index (χ3v) is 2.38. The lowest BCUT2D eigenvalue weighted by Crippen LogP contribution is -2.50. The number of hydrogen-bond donors (Lipinski definition) is 1. The van der Waals surface area contributed by atoms with Crippen molar-refractivity contribution >= 4 is 12.0 Å². The van der Waals surface area contributed by atoms with Gasteiger partial charge in [-0.3, -0.25) is 4.79 Å². The third kappa shape index (κ3) is 4.08. The smallest absolute Gasteiger partial charge is 0.323 e. The van der Waals surface area contributed by atoms with E-state index in [-0.39, 0.29) is 24.7 Å². The van der Waals surface area contributed by atoms with Crippen LogP contribution >= 0.6 is 0 Å². The molecule has 0 aromatic carbocycles. The number of hydrogen-bond acceptors (Lipinski definition) is 2. The molecule has 0 bridgehead atoms. The zero-order valence-electron chi connectivity index (χ0n) is 10.7. The molecule has 0 spiro atoms. The second-order valence-electron chi connectivity index (χ2n) is 4.28. The van der Waals surface area contributed by atoms with E-state index < -0.39 is 5.97 Å². The van der Waals surface area contributed by atoms with Crippen LogP contribution in [0.15, 0.2) is 0 Å². The van der Waals surface area contributed by atoms with E-state index in [1.54, 1.807) is 4.90 Å². The van der Waals surface area contributed by atoms with Crippen LogP contribution in [0.3, 0.4) is 0 Å². The van der Waals surface area contributed by atoms with Crippen molar-refractivity contribution in [3.05, 3.63) is 0 Å². The minimum atomic E-state index is -0.984.